The minimum absolute atomic E-state index is 0.0705. The van der Waals surface area contributed by atoms with Gasteiger partial charge >= 0.3 is 11.9 Å². The van der Waals surface area contributed by atoms with E-state index in [9.17, 15) is 39.0 Å². The number of hydrogen-bond donors (Lipinski definition) is 10. The standard InChI is InChI=1S/C20H36N8O9/c1-9(29)15(19(36)37)28-18(35)11(3-2-8-25-20(23)24)27-17(34)12(5-6-13(22)30)26-16(33)10(21)4-7-14(31)32/h9-12,15,29H,2-8,21H2,1H3,(H2,22,30)(H,26,33)(H,27,34)(H,28,35)(H,31,32)(H,36,37)(H4,23,24,25). The molecule has 0 aromatic heterocycles. The summed E-state index contributed by atoms with van der Waals surface area (Å²) in [4.78, 5) is 75.2. The van der Waals surface area contributed by atoms with E-state index >= 15 is 0 Å². The van der Waals surface area contributed by atoms with Crippen LogP contribution in [0.25, 0.3) is 0 Å². The molecule has 0 aromatic rings. The van der Waals surface area contributed by atoms with E-state index in [2.05, 4.69) is 20.9 Å². The Labute approximate surface area is 212 Å². The van der Waals surface area contributed by atoms with Crippen molar-refractivity contribution >= 4 is 41.5 Å². The summed E-state index contributed by atoms with van der Waals surface area (Å²) in [6, 6.07) is -5.70. The van der Waals surface area contributed by atoms with Gasteiger partial charge in [-0.3, -0.25) is 29.0 Å². The summed E-state index contributed by atoms with van der Waals surface area (Å²) in [5.74, 6) is -6.45. The van der Waals surface area contributed by atoms with E-state index in [1.807, 2.05) is 0 Å². The minimum Gasteiger partial charge on any atom is -0.481 e. The number of nitrogens with one attached hydrogen (secondary N) is 3. The number of rotatable bonds is 18. The SMILES string of the molecule is CC(O)C(NC(=O)C(CCCN=C(N)N)NC(=O)C(CCC(N)=O)NC(=O)C(N)CCC(=O)O)C(=O)O. The Morgan fingerprint density at radius 1 is 0.811 bits per heavy atom. The smallest absolute Gasteiger partial charge is 0.328 e. The van der Waals surface area contributed by atoms with Gasteiger partial charge in [0.1, 0.15) is 12.1 Å². The first-order valence-electron chi connectivity index (χ1n) is 11.3. The molecule has 0 aliphatic rings. The molecule has 0 aliphatic heterocycles. The maximum atomic E-state index is 13.0. The molecule has 4 amide bonds. The van der Waals surface area contributed by atoms with Gasteiger partial charge in [-0.25, -0.2) is 4.79 Å². The number of carbonyl (C=O) groups is 6. The first-order valence-corrected chi connectivity index (χ1v) is 11.3. The fourth-order valence-corrected chi connectivity index (χ4v) is 2.93. The van der Waals surface area contributed by atoms with Crippen LogP contribution in [0.15, 0.2) is 4.99 Å². The molecule has 5 unspecified atom stereocenters. The van der Waals surface area contributed by atoms with Crippen LogP contribution in [0.3, 0.4) is 0 Å². The van der Waals surface area contributed by atoms with Crippen LogP contribution in [0.2, 0.25) is 0 Å². The lowest BCUT2D eigenvalue weighted by Gasteiger charge is -2.25. The zero-order valence-electron chi connectivity index (χ0n) is 20.4. The molecule has 0 saturated heterocycles. The summed E-state index contributed by atoms with van der Waals surface area (Å²) < 4.78 is 0. The highest BCUT2D eigenvalue weighted by Crippen LogP contribution is 2.06. The molecule has 0 aromatic carbocycles. The second-order valence-corrected chi connectivity index (χ2v) is 8.18. The average Bonchev–Trinajstić information content (AvgIpc) is 2.78. The summed E-state index contributed by atoms with van der Waals surface area (Å²) in [5.41, 5.74) is 21.3. The van der Waals surface area contributed by atoms with Crippen molar-refractivity contribution in [2.24, 2.45) is 27.9 Å². The minimum atomic E-state index is -1.68. The third-order valence-electron chi connectivity index (χ3n) is 4.94. The van der Waals surface area contributed by atoms with Gasteiger partial charge in [0.25, 0.3) is 0 Å². The van der Waals surface area contributed by atoms with Crippen LogP contribution < -0.4 is 38.9 Å². The first kappa shape index (κ1) is 33.0. The van der Waals surface area contributed by atoms with Crippen molar-refractivity contribution in [1.82, 2.24) is 16.0 Å². The molecule has 14 N–H and O–H groups in total. The largest absolute Gasteiger partial charge is 0.481 e. The van der Waals surface area contributed by atoms with Gasteiger partial charge in [-0.1, -0.05) is 0 Å². The summed E-state index contributed by atoms with van der Waals surface area (Å²) in [5, 5.41) is 34.4. The van der Waals surface area contributed by atoms with Crippen molar-refractivity contribution in [2.45, 2.75) is 75.7 Å². The summed E-state index contributed by atoms with van der Waals surface area (Å²) in [7, 11) is 0. The molecule has 17 nitrogen and oxygen atoms in total. The second kappa shape index (κ2) is 16.6. The van der Waals surface area contributed by atoms with Crippen molar-refractivity contribution in [3.05, 3.63) is 0 Å². The molecular weight excluding hydrogens is 496 g/mol. The van der Waals surface area contributed by atoms with E-state index in [4.69, 9.17) is 28.0 Å². The van der Waals surface area contributed by atoms with Gasteiger partial charge in [-0.15, -0.1) is 0 Å². The zero-order chi connectivity index (χ0) is 28.7. The number of nitrogens with zero attached hydrogens (tertiary/aromatic N) is 1. The summed E-state index contributed by atoms with van der Waals surface area (Å²) in [6.07, 6.45) is -2.60. The van der Waals surface area contributed by atoms with Gasteiger partial charge in [0.15, 0.2) is 12.0 Å². The van der Waals surface area contributed by atoms with E-state index in [0.717, 1.165) is 6.92 Å². The van der Waals surface area contributed by atoms with Crippen LogP contribution in [-0.2, 0) is 28.8 Å². The number of carbonyl (C=O) groups excluding carboxylic acids is 4. The van der Waals surface area contributed by atoms with Gasteiger partial charge in [0.05, 0.1) is 12.1 Å². The predicted molar refractivity (Wildman–Crippen MR) is 128 cm³/mol. The van der Waals surface area contributed by atoms with Gasteiger partial charge < -0.3 is 54.2 Å². The molecule has 5 atom stereocenters. The highest BCUT2D eigenvalue weighted by molar-refractivity contribution is 5.94. The Morgan fingerprint density at radius 2 is 1.35 bits per heavy atom. The van der Waals surface area contributed by atoms with Crippen molar-refractivity contribution in [1.29, 1.82) is 0 Å². The molecule has 0 aliphatic carbocycles. The monoisotopic (exact) mass is 532 g/mol. The topological polar surface area (TPSA) is 316 Å². The number of hydrogen-bond acceptors (Lipinski definition) is 9. The molecular formula is C20H36N8O9. The normalized spacial score (nSPS) is 14.7. The van der Waals surface area contributed by atoms with E-state index in [1.165, 1.54) is 0 Å². The number of primary amides is 1. The van der Waals surface area contributed by atoms with E-state index in [0.29, 0.717) is 0 Å². The average molecular weight is 533 g/mol. The van der Waals surface area contributed by atoms with Crippen LogP contribution in [0.5, 0.6) is 0 Å². The maximum Gasteiger partial charge on any atom is 0.328 e. The lowest BCUT2D eigenvalue weighted by atomic mass is 10.1. The number of aliphatic hydroxyl groups excluding tert-OH is 1. The Kier molecular flexibility index (Phi) is 14.8. The zero-order valence-corrected chi connectivity index (χ0v) is 20.4. The van der Waals surface area contributed by atoms with Crippen LogP contribution in [-0.4, -0.2) is 93.7 Å². The highest BCUT2D eigenvalue weighted by atomic mass is 16.4. The summed E-state index contributed by atoms with van der Waals surface area (Å²) in [6.45, 7) is 1.22. The molecule has 0 spiro atoms. The molecule has 0 saturated carbocycles. The number of aliphatic carboxylic acids is 2. The first-order chi connectivity index (χ1) is 17.1. The number of aliphatic imine (C=N–C) groups is 1. The molecule has 17 heteroatoms. The van der Waals surface area contributed by atoms with Crippen LogP contribution in [0, 0.1) is 0 Å². The van der Waals surface area contributed by atoms with Gasteiger partial charge in [-0.05, 0) is 32.6 Å². The maximum absolute atomic E-state index is 13.0. The van der Waals surface area contributed by atoms with Crippen LogP contribution >= 0.6 is 0 Å². The lowest BCUT2D eigenvalue weighted by molar-refractivity contribution is -0.145. The Hall–Kier alpha value is -3.99. The summed E-state index contributed by atoms with van der Waals surface area (Å²) >= 11 is 0. The Bertz CT molecular complexity index is 861. The van der Waals surface area contributed by atoms with Crippen molar-refractivity contribution < 1.29 is 44.1 Å². The number of carboxylic acids is 2. The number of carboxylic acid groups (broad SMARTS) is 2. The number of aliphatic hydroxyl groups is 1. The third kappa shape index (κ3) is 14.2. The van der Waals surface area contributed by atoms with Gasteiger partial charge in [0.2, 0.25) is 23.6 Å². The third-order valence-corrected chi connectivity index (χ3v) is 4.94. The second-order valence-electron chi connectivity index (χ2n) is 8.18. The molecule has 0 heterocycles. The molecule has 37 heavy (non-hydrogen) atoms. The highest BCUT2D eigenvalue weighted by Gasteiger charge is 2.31. The number of nitrogens with two attached hydrogens (primary N) is 4. The van der Waals surface area contributed by atoms with E-state index in [1.54, 1.807) is 0 Å². The van der Waals surface area contributed by atoms with Crippen molar-refractivity contribution in [2.75, 3.05) is 6.54 Å². The van der Waals surface area contributed by atoms with Crippen LogP contribution in [0.1, 0.15) is 45.4 Å². The Morgan fingerprint density at radius 3 is 1.84 bits per heavy atom. The molecule has 0 bridgehead atoms. The van der Waals surface area contributed by atoms with E-state index in [-0.39, 0.29) is 44.6 Å². The predicted octanol–water partition coefficient (Wildman–Crippen LogP) is -4.58. The van der Waals surface area contributed by atoms with Crippen LogP contribution in [0.4, 0.5) is 0 Å². The van der Waals surface area contributed by atoms with Gasteiger partial charge in [0, 0.05) is 19.4 Å². The van der Waals surface area contributed by atoms with Crippen molar-refractivity contribution in [3.63, 3.8) is 0 Å². The number of amides is 4. The van der Waals surface area contributed by atoms with E-state index < -0.39 is 72.3 Å². The van der Waals surface area contributed by atoms with Gasteiger partial charge in [-0.2, -0.15) is 0 Å². The quantitative estimate of drug-likeness (QED) is 0.0453. The fraction of sp³-hybridized carbons (Fsp3) is 0.650. The number of guanidine groups is 1. The fourth-order valence-electron chi connectivity index (χ4n) is 2.93. The molecule has 0 radical (unpaired) electrons. The Balaban J connectivity index is 5.67. The molecule has 210 valence electrons. The van der Waals surface area contributed by atoms with Crippen molar-refractivity contribution in [3.8, 4) is 0 Å². The molecule has 0 fully saturated rings. The lowest BCUT2D eigenvalue weighted by Crippen LogP contribution is -2.58. The molecule has 0 rings (SSSR count).